The van der Waals surface area contributed by atoms with E-state index in [0.29, 0.717) is 30.6 Å². The molecule has 1 saturated heterocycles. The second kappa shape index (κ2) is 11.9. The molecule has 0 aromatic rings. The van der Waals surface area contributed by atoms with Crippen LogP contribution >= 0.6 is 0 Å². The lowest BCUT2D eigenvalue weighted by Gasteiger charge is -2.26. The first-order chi connectivity index (χ1) is 15.0. The number of fused-ring (bicyclic) bond motifs is 1. The highest BCUT2D eigenvalue weighted by molar-refractivity contribution is 5.76. The molecule has 0 radical (unpaired) electrons. The topological polar surface area (TPSA) is 60.8 Å². The fourth-order valence-electron chi connectivity index (χ4n) is 5.62. The molecule has 0 unspecified atom stereocenters. The van der Waals surface area contributed by atoms with E-state index in [0.717, 1.165) is 58.0 Å². The summed E-state index contributed by atoms with van der Waals surface area (Å²) in [6.07, 6.45) is 15.3. The third-order valence-electron chi connectivity index (χ3n) is 7.56. The zero-order valence-corrected chi connectivity index (χ0v) is 19.4. The Labute approximate surface area is 188 Å². The molecule has 0 bridgehead atoms. The predicted molar refractivity (Wildman–Crippen MR) is 125 cm³/mol. The van der Waals surface area contributed by atoms with Crippen LogP contribution in [0.25, 0.3) is 0 Å². The first-order valence-electron chi connectivity index (χ1n) is 12.4. The predicted octanol–water partition coefficient (Wildman–Crippen LogP) is 4.47. The molecule has 2 saturated carbocycles. The summed E-state index contributed by atoms with van der Waals surface area (Å²) >= 11 is 0. The minimum Gasteiger partial charge on any atom is -0.392 e. The van der Waals surface area contributed by atoms with Crippen LogP contribution in [-0.2, 0) is 4.79 Å². The van der Waals surface area contributed by atoms with E-state index < -0.39 is 6.10 Å². The van der Waals surface area contributed by atoms with Crippen molar-refractivity contribution >= 4 is 5.91 Å². The smallest absolute Gasteiger partial charge is 0.222 e. The van der Waals surface area contributed by atoms with Gasteiger partial charge in [0.2, 0.25) is 5.91 Å². The minimum absolute atomic E-state index is 0.102. The molecule has 1 aliphatic heterocycles. The maximum Gasteiger partial charge on any atom is 0.222 e. The molecule has 3 rings (SSSR count). The molecule has 1 heterocycles. The van der Waals surface area contributed by atoms with E-state index in [1.807, 2.05) is 24.8 Å². The summed E-state index contributed by atoms with van der Waals surface area (Å²) in [6.45, 7) is 5.72. The average Bonchev–Trinajstić information content (AvgIpc) is 3.30. The molecule has 31 heavy (non-hydrogen) atoms. The van der Waals surface area contributed by atoms with Crippen LogP contribution in [-0.4, -0.2) is 46.3 Å². The van der Waals surface area contributed by atoms with Gasteiger partial charge in [-0.25, -0.2) is 0 Å². The number of rotatable bonds is 8. The highest BCUT2D eigenvalue weighted by Crippen LogP contribution is 2.50. The number of piperidine rings is 1. The Morgan fingerprint density at radius 3 is 2.77 bits per heavy atom. The van der Waals surface area contributed by atoms with Gasteiger partial charge in [-0.1, -0.05) is 30.7 Å². The molecule has 172 valence electrons. The van der Waals surface area contributed by atoms with Crippen molar-refractivity contribution in [2.45, 2.75) is 90.3 Å². The molecule has 4 nitrogen and oxygen atoms in total. The van der Waals surface area contributed by atoms with Crippen molar-refractivity contribution in [3.05, 3.63) is 23.8 Å². The van der Waals surface area contributed by atoms with Gasteiger partial charge in [-0.3, -0.25) is 4.79 Å². The van der Waals surface area contributed by atoms with Crippen molar-refractivity contribution in [3.63, 3.8) is 0 Å². The monoisotopic (exact) mass is 427 g/mol. The van der Waals surface area contributed by atoms with E-state index in [1.165, 1.54) is 12.0 Å². The van der Waals surface area contributed by atoms with Crippen molar-refractivity contribution in [2.24, 2.45) is 23.7 Å². The lowest BCUT2D eigenvalue weighted by atomic mass is 9.89. The van der Waals surface area contributed by atoms with Crippen LogP contribution in [0, 0.1) is 35.5 Å². The van der Waals surface area contributed by atoms with Crippen LogP contribution in [0.1, 0.15) is 78.1 Å². The molecule has 3 fully saturated rings. The van der Waals surface area contributed by atoms with Crippen molar-refractivity contribution in [3.8, 4) is 11.8 Å². The second-order valence-corrected chi connectivity index (χ2v) is 9.89. The summed E-state index contributed by atoms with van der Waals surface area (Å²) in [4.78, 5) is 14.3. The van der Waals surface area contributed by atoms with Crippen LogP contribution < -0.4 is 0 Å². The molecule has 4 heteroatoms. The molecular formula is C27H41NO3. The van der Waals surface area contributed by atoms with Gasteiger partial charge >= 0.3 is 0 Å². The number of hydrogen-bond acceptors (Lipinski definition) is 3. The van der Waals surface area contributed by atoms with Gasteiger partial charge in [-0.15, -0.1) is 11.8 Å². The number of carbonyl (C=O) groups is 1. The summed E-state index contributed by atoms with van der Waals surface area (Å²) in [6, 6.07) is 0. The number of allylic oxidation sites excluding steroid dienone is 2. The molecule has 3 aliphatic rings. The maximum atomic E-state index is 12.3. The van der Waals surface area contributed by atoms with Gasteiger partial charge in [0.15, 0.2) is 0 Å². The molecule has 0 aromatic heterocycles. The Morgan fingerprint density at radius 1 is 1.26 bits per heavy atom. The summed E-state index contributed by atoms with van der Waals surface area (Å²) in [5.41, 5.74) is 1.50. The molecule has 0 aromatic carbocycles. The van der Waals surface area contributed by atoms with E-state index in [4.69, 9.17) is 0 Å². The van der Waals surface area contributed by atoms with Gasteiger partial charge in [0, 0.05) is 31.8 Å². The van der Waals surface area contributed by atoms with Gasteiger partial charge in [0.1, 0.15) is 0 Å². The molecule has 6 atom stereocenters. The average molecular weight is 428 g/mol. The van der Waals surface area contributed by atoms with E-state index >= 15 is 0 Å². The highest BCUT2D eigenvalue weighted by atomic mass is 16.3. The first-order valence-corrected chi connectivity index (χ1v) is 12.4. The number of aliphatic hydroxyl groups excluding tert-OH is 2. The normalized spacial score (nSPS) is 31.5. The first kappa shape index (κ1) is 24.1. The molecule has 2 aliphatic carbocycles. The van der Waals surface area contributed by atoms with Crippen LogP contribution in [0.2, 0.25) is 0 Å². The van der Waals surface area contributed by atoms with Crippen molar-refractivity contribution in [1.82, 2.24) is 4.90 Å². The molecule has 2 N–H and O–H groups in total. The molecule has 1 amide bonds. The Bertz CT molecular complexity index is 710. The summed E-state index contributed by atoms with van der Waals surface area (Å²) in [7, 11) is 0. The Kier molecular flexibility index (Phi) is 9.23. The Hall–Kier alpha value is -1.57. The zero-order chi connectivity index (χ0) is 22.2. The van der Waals surface area contributed by atoms with Crippen LogP contribution in [0.4, 0.5) is 0 Å². The van der Waals surface area contributed by atoms with Gasteiger partial charge in [0.25, 0.3) is 0 Å². The fourth-order valence-corrected chi connectivity index (χ4v) is 5.62. The van der Waals surface area contributed by atoms with Gasteiger partial charge in [0.05, 0.1) is 12.2 Å². The fraction of sp³-hybridized carbons (Fsp3) is 0.741. The van der Waals surface area contributed by atoms with Crippen LogP contribution in [0.3, 0.4) is 0 Å². The standard InChI is InChI=1S/C27H41NO3/c1-3-4-10-20(2)25(29)14-13-23-24-18-21(17-22(24)19-26(23)30)11-6-7-12-27(31)28-15-8-5-9-16-28/h11,13-14,20,22-26,29-30H,5-10,12,15-19H2,1-2H3/t20-,22+,23-,24+,25-,26-/m1/s1. The quantitative estimate of drug-likeness (QED) is 0.341. The lowest BCUT2D eigenvalue weighted by molar-refractivity contribution is -0.132. The van der Waals surface area contributed by atoms with Gasteiger partial charge in [-0.05, 0) is 76.0 Å². The molecular weight excluding hydrogens is 386 g/mol. The Morgan fingerprint density at radius 2 is 2.03 bits per heavy atom. The number of hydrogen-bond donors (Lipinski definition) is 2. The second-order valence-electron chi connectivity index (χ2n) is 9.89. The zero-order valence-electron chi connectivity index (χ0n) is 19.4. The number of aliphatic hydroxyl groups is 2. The third-order valence-corrected chi connectivity index (χ3v) is 7.56. The van der Waals surface area contributed by atoms with E-state index in [-0.39, 0.29) is 17.9 Å². The van der Waals surface area contributed by atoms with E-state index in [9.17, 15) is 15.0 Å². The number of carbonyl (C=O) groups excluding carboxylic acids is 1. The third kappa shape index (κ3) is 6.70. The number of nitrogens with zero attached hydrogens (tertiary/aromatic N) is 1. The SMILES string of the molecule is CC#CC[C@@H](C)[C@H](O)C=C[C@@H]1[C@H]2CC(=CCCCC(=O)N3CCCCC3)C[C@H]2C[C@H]1O. The van der Waals surface area contributed by atoms with Crippen molar-refractivity contribution in [1.29, 1.82) is 0 Å². The van der Waals surface area contributed by atoms with E-state index in [2.05, 4.69) is 24.0 Å². The number of amides is 1. The highest BCUT2D eigenvalue weighted by Gasteiger charge is 2.45. The lowest BCUT2D eigenvalue weighted by Crippen LogP contribution is -2.35. The Balaban J connectivity index is 1.45. The van der Waals surface area contributed by atoms with E-state index in [1.54, 1.807) is 0 Å². The largest absolute Gasteiger partial charge is 0.392 e. The number of unbranched alkanes of at least 4 members (excludes halogenated alkanes) is 1. The molecule has 0 spiro atoms. The summed E-state index contributed by atoms with van der Waals surface area (Å²) in [5, 5.41) is 20.9. The van der Waals surface area contributed by atoms with Gasteiger partial charge < -0.3 is 15.1 Å². The summed E-state index contributed by atoms with van der Waals surface area (Å²) in [5.74, 6) is 7.51. The van der Waals surface area contributed by atoms with Crippen molar-refractivity contribution < 1.29 is 15.0 Å². The van der Waals surface area contributed by atoms with Crippen molar-refractivity contribution in [2.75, 3.05) is 13.1 Å². The van der Waals surface area contributed by atoms with Crippen LogP contribution in [0.15, 0.2) is 23.8 Å². The van der Waals surface area contributed by atoms with Gasteiger partial charge in [-0.2, -0.15) is 0 Å². The summed E-state index contributed by atoms with van der Waals surface area (Å²) < 4.78 is 0. The number of likely N-dealkylation sites (tertiary alicyclic amines) is 1. The minimum atomic E-state index is -0.513. The maximum absolute atomic E-state index is 12.3. The van der Waals surface area contributed by atoms with Crippen LogP contribution in [0.5, 0.6) is 0 Å².